The SMILES string of the molecule is CO[C@@H]1[C@H](O)[C@@H](O)[C@H](Oc2ccc3c(O)c(NC(=O)C4C(CC(C)C)C4(C)C)c(=O)oc3c2C)OC1(C)C. The van der Waals surface area contributed by atoms with E-state index >= 15 is 0 Å². The second-order valence-corrected chi connectivity index (χ2v) is 12.0. The molecule has 2 fully saturated rings. The lowest BCUT2D eigenvalue weighted by Gasteiger charge is -2.46. The van der Waals surface area contributed by atoms with E-state index in [2.05, 4.69) is 19.2 Å². The molecule has 2 aromatic rings. The largest absolute Gasteiger partial charge is 0.505 e. The highest BCUT2D eigenvalue weighted by Gasteiger charge is 2.61. The van der Waals surface area contributed by atoms with Crippen molar-refractivity contribution < 1.29 is 38.7 Å². The van der Waals surface area contributed by atoms with Gasteiger partial charge in [0.05, 0.1) is 11.0 Å². The Bertz CT molecular complexity index is 1280. The Morgan fingerprint density at radius 3 is 2.42 bits per heavy atom. The summed E-state index contributed by atoms with van der Waals surface area (Å²) in [4.78, 5) is 25.9. The molecule has 1 amide bonds. The van der Waals surface area contributed by atoms with Crippen LogP contribution in [0.15, 0.2) is 21.3 Å². The number of anilines is 1. The van der Waals surface area contributed by atoms with Gasteiger partial charge in [0.2, 0.25) is 12.2 Å². The predicted molar refractivity (Wildman–Crippen MR) is 140 cm³/mol. The zero-order chi connectivity index (χ0) is 28.3. The number of aliphatic hydroxyl groups is 2. The van der Waals surface area contributed by atoms with Crippen LogP contribution in [-0.4, -0.2) is 58.5 Å². The number of ether oxygens (including phenoxy) is 3. The number of carbonyl (C=O) groups excluding carboxylic acids is 1. The lowest BCUT2D eigenvalue weighted by molar-refractivity contribution is -0.306. The highest BCUT2D eigenvalue weighted by molar-refractivity contribution is 6.00. The van der Waals surface area contributed by atoms with E-state index in [1.165, 1.54) is 19.2 Å². The number of nitrogens with one attached hydrogen (secondary N) is 1. The fourth-order valence-electron chi connectivity index (χ4n) is 5.85. The van der Waals surface area contributed by atoms with Gasteiger partial charge in [-0.3, -0.25) is 4.79 Å². The summed E-state index contributed by atoms with van der Waals surface area (Å²) >= 11 is 0. The van der Waals surface area contributed by atoms with Gasteiger partial charge in [-0.25, -0.2) is 4.79 Å². The number of aliphatic hydroxyl groups excluding tert-OH is 2. The van der Waals surface area contributed by atoms with Crippen LogP contribution in [-0.2, 0) is 14.3 Å². The molecule has 1 aliphatic carbocycles. The molecule has 0 radical (unpaired) electrons. The molecular weight excluding hydrogens is 494 g/mol. The van der Waals surface area contributed by atoms with E-state index in [4.69, 9.17) is 18.6 Å². The van der Waals surface area contributed by atoms with E-state index < -0.39 is 41.6 Å². The number of aryl methyl sites for hydroxylation is 1. The molecule has 0 spiro atoms. The molecule has 0 bridgehead atoms. The van der Waals surface area contributed by atoms with Crippen LogP contribution in [0.4, 0.5) is 5.69 Å². The van der Waals surface area contributed by atoms with Crippen molar-refractivity contribution in [1.29, 1.82) is 0 Å². The number of rotatable bonds is 7. The minimum Gasteiger partial charge on any atom is -0.505 e. The van der Waals surface area contributed by atoms with Crippen molar-refractivity contribution in [2.45, 2.75) is 85.1 Å². The zero-order valence-corrected chi connectivity index (χ0v) is 23.2. The van der Waals surface area contributed by atoms with E-state index in [9.17, 15) is 24.9 Å². The molecule has 2 aliphatic rings. The summed E-state index contributed by atoms with van der Waals surface area (Å²) < 4.78 is 22.6. The molecule has 1 aromatic heterocycles. The molecule has 2 unspecified atom stereocenters. The van der Waals surface area contributed by atoms with Crippen molar-refractivity contribution in [2.75, 3.05) is 12.4 Å². The van der Waals surface area contributed by atoms with Gasteiger partial charge in [-0.15, -0.1) is 0 Å². The van der Waals surface area contributed by atoms with E-state index in [-0.39, 0.29) is 45.6 Å². The van der Waals surface area contributed by atoms with Crippen LogP contribution in [0.2, 0.25) is 0 Å². The van der Waals surface area contributed by atoms with Gasteiger partial charge in [0.1, 0.15) is 29.6 Å². The van der Waals surface area contributed by atoms with Gasteiger partial charge in [0, 0.05) is 18.6 Å². The number of fused-ring (bicyclic) bond motifs is 1. The maximum Gasteiger partial charge on any atom is 0.364 e. The van der Waals surface area contributed by atoms with Crippen LogP contribution >= 0.6 is 0 Å². The molecular formula is C28H39NO9. The molecule has 1 saturated carbocycles. The summed E-state index contributed by atoms with van der Waals surface area (Å²) in [5.74, 6) is -0.137. The van der Waals surface area contributed by atoms with Crippen molar-refractivity contribution in [3.63, 3.8) is 0 Å². The zero-order valence-electron chi connectivity index (χ0n) is 23.2. The quantitative estimate of drug-likeness (QED) is 0.393. The van der Waals surface area contributed by atoms with E-state index in [0.717, 1.165) is 6.42 Å². The highest BCUT2D eigenvalue weighted by atomic mass is 16.7. The average molecular weight is 534 g/mol. The van der Waals surface area contributed by atoms with E-state index in [1.54, 1.807) is 20.8 Å². The first-order chi connectivity index (χ1) is 17.6. The molecule has 1 aliphatic heterocycles. The maximum atomic E-state index is 13.0. The van der Waals surface area contributed by atoms with E-state index in [0.29, 0.717) is 11.5 Å². The number of hydrogen-bond acceptors (Lipinski definition) is 9. The summed E-state index contributed by atoms with van der Waals surface area (Å²) in [6.45, 7) is 13.3. The molecule has 38 heavy (non-hydrogen) atoms. The standard InChI is InChI=1S/C28H39NO9/c1-12(2)11-15-17(27(15,4)5)24(33)29-18-19(30)14-9-10-16(13(3)22(14)37-25(18)34)36-26-21(32)20(31)23(35-8)28(6,7)38-26/h9-10,12,15,17,20-21,23,26,30-32H,11H2,1-8H3,(H,29,33)/t15?,17?,20-,21-,23-,26-/m1/s1. The van der Waals surface area contributed by atoms with E-state index in [1.807, 2.05) is 13.8 Å². The number of benzene rings is 1. The van der Waals surface area contributed by atoms with Gasteiger partial charge >= 0.3 is 5.63 Å². The van der Waals surface area contributed by atoms with Crippen LogP contribution in [0, 0.1) is 30.1 Å². The average Bonchev–Trinajstić information content (AvgIpc) is 3.35. The highest BCUT2D eigenvalue weighted by Crippen LogP contribution is 2.61. The molecule has 4 N–H and O–H groups in total. The molecule has 6 atom stereocenters. The summed E-state index contributed by atoms with van der Waals surface area (Å²) in [6, 6.07) is 3.02. The molecule has 4 rings (SSSR count). The third kappa shape index (κ3) is 4.79. The van der Waals surface area contributed by atoms with Gasteiger partial charge in [-0.2, -0.15) is 0 Å². The Balaban J connectivity index is 1.60. The fraction of sp³-hybridized carbons (Fsp3) is 0.643. The lowest BCUT2D eigenvalue weighted by Crippen LogP contribution is -2.63. The summed E-state index contributed by atoms with van der Waals surface area (Å²) in [7, 11) is 1.42. The monoisotopic (exact) mass is 533 g/mol. The van der Waals surface area contributed by atoms with Crippen LogP contribution in [0.5, 0.6) is 11.5 Å². The Morgan fingerprint density at radius 1 is 1.16 bits per heavy atom. The first-order valence-corrected chi connectivity index (χ1v) is 13.0. The van der Waals surface area contributed by atoms with Crippen LogP contribution in [0.3, 0.4) is 0 Å². The predicted octanol–water partition coefficient (Wildman–Crippen LogP) is 3.31. The van der Waals surface area contributed by atoms with Gasteiger partial charge in [0.25, 0.3) is 0 Å². The number of amides is 1. The first-order valence-electron chi connectivity index (χ1n) is 13.0. The number of methoxy groups -OCH3 is 1. The van der Waals surface area contributed by atoms with Gasteiger partial charge in [-0.1, -0.05) is 27.7 Å². The fourth-order valence-corrected chi connectivity index (χ4v) is 5.85. The second kappa shape index (κ2) is 9.82. The summed E-state index contributed by atoms with van der Waals surface area (Å²) in [5, 5.41) is 34.8. The summed E-state index contributed by atoms with van der Waals surface area (Å²) in [5.41, 5.74) is -1.93. The molecule has 2 heterocycles. The van der Waals surface area contributed by atoms with Gasteiger partial charge in [-0.05, 0) is 56.6 Å². The van der Waals surface area contributed by atoms with Crippen LogP contribution in [0.1, 0.15) is 53.5 Å². The van der Waals surface area contributed by atoms with Crippen molar-refractivity contribution in [2.24, 2.45) is 23.2 Å². The normalized spacial score (nSPS) is 29.9. The first kappa shape index (κ1) is 28.4. The molecule has 210 valence electrons. The smallest absolute Gasteiger partial charge is 0.364 e. The van der Waals surface area contributed by atoms with Gasteiger partial charge < -0.3 is 39.3 Å². The Morgan fingerprint density at radius 2 is 1.82 bits per heavy atom. The second-order valence-electron chi connectivity index (χ2n) is 12.0. The lowest BCUT2D eigenvalue weighted by atomic mass is 9.89. The third-order valence-electron chi connectivity index (χ3n) is 8.09. The van der Waals surface area contributed by atoms with Gasteiger partial charge in [0.15, 0.2) is 11.4 Å². The van der Waals surface area contributed by atoms with Crippen LogP contribution in [0.25, 0.3) is 11.0 Å². The minimum atomic E-state index is -1.41. The van der Waals surface area contributed by atoms with Crippen molar-refractivity contribution in [3.05, 3.63) is 28.1 Å². The van der Waals surface area contributed by atoms with Crippen molar-refractivity contribution in [3.8, 4) is 11.5 Å². The third-order valence-corrected chi connectivity index (χ3v) is 8.09. The van der Waals surface area contributed by atoms with Crippen molar-refractivity contribution >= 4 is 22.6 Å². The Hall–Kier alpha value is -2.66. The topological polar surface area (TPSA) is 148 Å². The Labute approximate surface area is 221 Å². The molecule has 1 saturated heterocycles. The maximum absolute atomic E-state index is 13.0. The number of aromatic hydroxyl groups is 1. The van der Waals surface area contributed by atoms with Crippen molar-refractivity contribution in [1.82, 2.24) is 0 Å². The number of hydrogen-bond donors (Lipinski definition) is 4. The Kier molecular flexibility index (Phi) is 7.33. The molecule has 10 nitrogen and oxygen atoms in total. The molecule has 1 aromatic carbocycles. The summed E-state index contributed by atoms with van der Waals surface area (Å²) in [6.07, 6.45) is -3.79. The van der Waals surface area contributed by atoms with Crippen LogP contribution < -0.4 is 15.7 Å². The number of carbonyl (C=O) groups is 1. The molecule has 10 heteroatoms. The minimum absolute atomic E-state index is 0.0623.